The van der Waals surface area contributed by atoms with Gasteiger partial charge < -0.3 is 9.84 Å². The first kappa shape index (κ1) is 12.9. The van der Waals surface area contributed by atoms with Crippen molar-refractivity contribution in [3.05, 3.63) is 30.3 Å². The van der Waals surface area contributed by atoms with Crippen molar-refractivity contribution in [1.82, 2.24) is 4.90 Å². The molecule has 18 heavy (non-hydrogen) atoms. The highest BCUT2D eigenvalue weighted by atomic mass is 16.5. The van der Waals surface area contributed by atoms with Gasteiger partial charge in [0.2, 0.25) is 0 Å². The number of para-hydroxylation sites is 1. The fourth-order valence-corrected chi connectivity index (χ4v) is 2.26. The molecule has 98 valence electrons. The predicted octanol–water partition coefficient (Wildman–Crippen LogP) is 2.00. The number of benzene rings is 1. The molecule has 1 fully saturated rings. The Labute approximate surface area is 107 Å². The van der Waals surface area contributed by atoms with Crippen LogP contribution < -0.4 is 4.74 Å². The number of carbonyl (C=O) groups is 1. The summed E-state index contributed by atoms with van der Waals surface area (Å²) in [7, 11) is 0. The number of aliphatic carboxylic acids is 1. The molecule has 1 aromatic carbocycles. The summed E-state index contributed by atoms with van der Waals surface area (Å²) in [5.74, 6) is 0.156. The van der Waals surface area contributed by atoms with Gasteiger partial charge in [-0.15, -0.1) is 0 Å². The van der Waals surface area contributed by atoms with E-state index < -0.39 is 5.97 Å². The first-order chi connectivity index (χ1) is 8.74. The summed E-state index contributed by atoms with van der Waals surface area (Å²) in [6.07, 6.45) is 2.49. The zero-order valence-electron chi connectivity index (χ0n) is 10.4. The van der Waals surface area contributed by atoms with Crippen LogP contribution in [0.25, 0.3) is 0 Å². The fourth-order valence-electron chi connectivity index (χ4n) is 2.26. The summed E-state index contributed by atoms with van der Waals surface area (Å²) in [5.41, 5.74) is 0. The molecule has 1 aliphatic heterocycles. The van der Waals surface area contributed by atoms with E-state index in [1.807, 2.05) is 30.3 Å². The molecule has 1 N–H and O–H groups in total. The number of likely N-dealkylation sites (tertiary alicyclic amines) is 1. The quantitative estimate of drug-likeness (QED) is 0.867. The van der Waals surface area contributed by atoms with E-state index in [-0.39, 0.29) is 12.5 Å². The second-order valence-electron chi connectivity index (χ2n) is 4.64. The van der Waals surface area contributed by atoms with Crippen LogP contribution in [0.1, 0.15) is 19.3 Å². The highest BCUT2D eigenvalue weighted by molar-refractivity contribution is 5.66. The molecule has 1 saturated heterocycles. The van der Waals surface area contributed by atoms with Crippen LogP contribution in [0.4, 0.5) is 0 Å². The fraction of sp³-hybridized carbons (Fsp3) is 0.500. The lowest BCUT2D eigenvalue weighted by atomic mass is 10.1. The van der Waals surface area contributed by atoms with E-state index in [0.717, 1.165) is 31.7 Å². The Hall–Kier alpha value is -1.55. The van der Waals surface area contributed by atoms with E-state index in [1.54, 1.807) is 0 Å². The standard InChI is InChI=1S/C14H19NO3/c16-14(17)8-10-15-9-4-7-13(11-15)18-12-5-2-1-3-6-12/h1-3,5-6,13H,4,7-11H2,(H,16,17). The summed E-state index contributed by atoms with van der Waals surface area (Å²) >= 11 is 0. The van der Waals surface area contributed by atoms with Gasteiger partial charge in [0.25, 0.3) is 0 Å². The predicted molar refractivity (Wildman–Crippen MR) is 68.8 cm³/mol. The Morgan fingerprint density at radius 3 is 2.89 bits per heavy atom. The summed E-state index contributed by atoms with van der Waals surface area (Å²) < 4.78 is 5.90. The van der Waals surface area contributed by atoms with Crippen LogP contribution in [0.5, 0.6) is 5.75 Å². The minimum atomic E-state index is -0.735. The van der Waals surface area contributed by atoms with E-state index in [0.29, 0.717) is 6.54 Å². The lowest BCUT2D eigenvalue weighted by Crippen LogP contribution is -2.41. The van der Waals surface area contributed by atoms with Gasteiger partial charge in [-0.3, -0.25) is 9.69 Å². The Balaban J connectivity index is 1.81. The van der Waals surface area contributed by atoms with Gasteiger partial charge in [-0.2, -0.15) is 0 Å². The number of carboxylic acid groups (broad SMARTS) is 1. The third kappa shape index (κ3) is 4.04. The Morgan fingerprint density at radius 2 is 2.17 bits per heavy atom. The van der Waals surface area contributed by atoms with Gasteiger partial charge >= 0.3 is 5.97 Å². The maximum Gasteiger partial charge on any atom is 0.304 e. The van der Waals surface area contributed by atoms with Gasteiger partial charge in [0, 0.05) is 13.1 Å². The van der Waals surface area contributed by atoms with Crippen LogP contribution in [0.2, 0.25) is 0 Å². The summed E-state index contributed by atoms with van der Waals surface area (Å²) in [6, 6.07) is 9.79. The maximum absolute atomic E-state index is 10.6. The molecule has 0 aliphatic carbocycles. The molecule has 0 radical (unpaired) electrons. The van der Waals surface area contributed by atoms with Gasteiger partial charge in [-0.1, -0.05) is 18.2 Å². The van der Waals surface area contributed by atoms with E-state index in [2.05, 4.69) is 4.90 Å². The lowest BCUT2D eigenvalue weighted by Gasteiger charge is -2.32. The van der Waals surface area contributed by atoms with Crippen molar-refractivity contribution >= 4 is 5.97 Å². The number of piperidine rings is 1. The molecule has 1 atom stereocenters. The highest BCUT2D eigenvalue weighted by Crippen LogP contribution is 2.18. The number of hydrogen-bond acceptors (Lipinski definition) is 3. The van der Waals surface area contributed by atoms with Crippen molar-refractivity contribution in [2.45, 2.75) is 25.4 Å². The van der Waals surface area contributed by atoms with E-state index in [4.69, 9.17) is 9.84 Å². The normalized spacial score (nSPS) is 20.6. The second-order valence-corrected chi connectivity index (χ2v) is 4.64. The molecule has 1 aromatic rings. The maximum atomic E-state index is 10.6. The van der Waals surface area contributed by atoms with Crippen LogP contribution in [0.3, 0.4) is 0 Å². The first-order valence-electron chi connectivity index (χ1n) is 6.40. The van der Waals surface area contributed by atoms with Gasteiger partial charge in [0.15, 0.2) is 0 Å². The SMILES string of the molecule is O=C(O)CCN1CCCC(Oc2ccccc2)C1. The van der Waals surface area contributed by atoms with Crippen molar-refractivity contribution in [2.75, 3.05) is 19.6 Å². The number of carboxylic acids is 1. The molecule has 4 heteroatoms. The van der Waals surface area contributed by atoms with E-state index in [1.165, 1.54) is 0 Å². The van der Waals surface area contributed by atoms with Crippen LogP contribution in [0, 0.1) is 0 Å². The van der Waals surface area contributed by atoms with Crippen molar-refractivity contribution < 1.29 is 14.6 Å². The molecular formula is C14H19NO3. The number of rotatable bonds is 5. The van der Waals surface area contributed by atoms with Crippen LogP contribution in [-0.4, -0.2) is 41.7 Å². The summed E-state index contributed by atoms with van der Waals surface area (Å²) in [6.45, 7) is 2.41. The first-order valence-corrected chi connectivity index (χ1v) is 6.40. The number of ether oxygens (including phenoxy) is 1. The molecule has 0 spiro atoms. The molecule has 0 amide bonds. The van der Waals surface area contributed by atoms with E-state index in [9.17, 15) is 4.79 Å². The summed E-state index contributed by atoms with van der Waals surface area (Å²) in [5, 5.41) is 8.69. The molecule has 2 rings (SSSR count). The topological polar surface area (TPSA) is 49.8 Å². The van der Waals surface area contributed by atoms with Gasteiger partial charge in [-0.25, -0.2) is 0 Å². The highest BCUT2D eigenvalue weighted by Gasteiger charge is 2.21. The molecular weight excluding hydrogens is 230 g/mol. The molecule has 0 bridgehead atoms. The second kappa shape index (κ2) is 6.40. The van der Waals surface area contributed by atoms with Crippen molar-refractivity contribution in [3.8, 4) is 5.75 Å². The van der Waals surface area contributed by atoms with Crippen LogP contribution in [-0.2, 0) is 4.79 Å². The lowest BCUT2D eigenvalue weighted by molar-refractivity contribution is -0.137. The zero-order chi connectivity index (χ0) is 12.8. The molecule has 4 nitrogen and oxygen atoms in total. The minimum Gasteiger partial charge on any atom is -0.489 e. The largest absolute Gasteiger partial charge is 0.489 e. The Morgan fingerprint density at radius 1 is 1.39 bits per heavy atom. The van der Waals surface area contributed by atoms with Crippen LogP contribution in [0.15, 0.2) is 30.3 Å². The monoisotopic (exact) mass is 249 g/mol. The van der Waals surface area contributed by atoms with Gasteiger partial charge in [0.05, 0.1) is 6.42 Å². The Bertz CT molecular complexity index is 380. The third-order valence-electron chi connectivity index (χ3n) is 3.15. The molecule has 1 aliphatic rings. The van der Waals surface area contributed by atoms with Crippen LogP contribution >= 0.6 is 0 Å². The van der Waals surface area contributed by atoms with Crippen molar-refractivity contribution in [3.63, 3.8) is 0 Å². The van der Waals surface area contributed by atoms with E-state index >= 15 is 0 Å². The van der Waals surface area contributed by atoms with Gasteiger partial charge in [0.1, 0.15) is 11.9 Å². The zero-order valence-corrected chi connectivity index (χ0v) is 10.4. The van der Waals surface area contributed by atoms with Crippen molar-refractivity contribution in [2.24, 2.45) is 0 Å². The average molecular weight is 249 g/mol. The third-order valence-corrected chi connectivity index (χ3v) is 3.15. The number of nitrogens with zero attached hydrogens (tertiary/aromatic N) is 1. The molecule has 0 saturated carbocycles. The number of hydrogen-bond donors (Lipinski definition) is 1. The Kier molecular flexibility index (Phi) is 4.59. The minimum absolute atomic E-state index is 0.176. The summed E-state index contributed by atoms with van der Waals surface area (Å²) in [4.78, 5) is 12.7. The average Bonchev–Trinajstić information content (AvgIpc) is 2.38. The molecule has 1 unspecified atom stereocenters. The van der Waals surface area contributed by atoms with Crippen molar-refractivity contribution in [1.29, 1.82) is 0 Å². The smallest absolute Gasteiger partial charge is 0.304 e. The molecule has 0 aromatic heterocycles. The van der Waals surface area contributed by atoms with Gasteiger partial charge in [-0.05, 0) is 31.5 Å². The molecule has 1 heterocycles.